The van der Waals surface area contributed by atoms with E-state index in [1.54, 1.807) is 59.4 Å². The van der Waals surface area contributed by atoms with Crippen LogP contribution in [0, 0.1) is 5.82 Å². The number of aromatic nitrogens is 4. The number of benzene rings is 2. The van der Waals surface area contributed by atoms with Crippen LogP contribution in [0.15, 0.2) is 96.4 Å². The number of carbonyl (C=O) groups excluding carboxylic acids is 3. The van der Waals surface area contributed by atoms with Crippen LogP contribution in [0.2, 0.25) is 0 Å². The summed E-state index contributed by atoms with van der Waals surface area (Å²) in [5.74, 6) is -0.556. The third-order valence-electron chi connectivity index (χ3n) is 8.70. The molecule has 0 aliphatic carbocycles. The van der Waals surface area contributed by atoms with Gasteiger partial charge in [0.05, 0.1) is 35.6 Å². The summed E-state index contributed by atoms with van der Waals surface area (Å²) in [7, 11) is -4.35. The number of unbranched alkanes of at least 4 members (excludes halogenated alkanes) is 1. The minimum Gasteiger partial charge on any atom is -0.449 e. The number of hydrogen-bond donors (Lipinski definition) is 1. The van der Waals surface area contributed by atoms with E-state index in [-0.39, 0.29) is 59.4 Å². The molecule has 0 aliphatic rings. The maximum absolute atomic E-state index is 16.1. The number of sulfonamides is 1. The molecule has 3 heterocycles. The lowest BCUT2D eigenvalue weighted by Crippen LogP contribution is -2.33. The van der Waals surface area contributed by atoms with Crippen molar-refractivity contribution in [2.24, 2.45) is 0 Å². The van der Waals surface area contributed by atoms with Gasteiger partial charge in [0.2, 0.25) is 0 Å². The van der Waals surface area contributed by atoms with Crippen molar-refractivity contribution in [3.8, 4) is 11.1 Å². The topological polar surface area (TPSA) is 153 Å². The fourth-order valence-corrected chi connectivity index (χ4v) is 7.12. The first-order chi connectivity index (χ1) is 26.1. The van der Waals surface area contributed by atoms with Crippen molar-refractivity contribution >= 4 is 33.5 Å². The lowest BCUT2D eigenvalue weighted by Gasteiger charge is -2.22. The van der Waals surface area contributed by atoms with E-state index in [9.17, 15) is 22.8 Å². The summed E-state index contributed by atoms with van der Waals surface area (Å²) in [5, 5.41) is 0. The Morgan fingerprint density at radius 1 is 0.926 bits per heavy atom. The largest absolute Gasteiger partial charge is 0.449 e. The van der Waals surface area contributed by atoms with Crippen molar-refractivity contribution in [2.45, 2.75) is 70.7 Å². The van der Waals surface area contributed by atoms with Gasteiger partial charge in [-0.3, -0.25) is 19.6 Å². The van der Waals surface area contributed by atoms with Crippen LogP contribution in [0.1, 0.15) is 84.4 Å². The Hall–Kier alpha value is -5.76. The van der Waals surface area contributed by atoms with Crippen LogP contribution in [-0.2, 0) is 34.1 Å². The molecule has 5 aromatic rings. The predicted molar refractivity (Wildman–Crippen MR) is 202 cm³/mol. The molecule has 2 aromatic carbocycles. The average molecular weight is 755 g/mol. The number of amides is 2. The van der Waals surface area contributed by atoms with Crippen LogP contribution < -0.4 is 9.62 Å². The van der Waals surface area contributed by atoms with Gasteiger partial charge in [-0.2, -0.15) is 0 Å². The minimum absolute atomic E-state index is 0.0110. The lowest BCUT2D eigenvalue weighted by atomic mass is 10.0. The standard InChI is InChI=1S/C40H43FN6O6S/c1-4-7-24-53-40(50)45-54(51,52)36-14-9-8-13-32(36)29-15-16-30(33(41)25-29)27-47-37(11-5-2)44-34(6-3)38(47)35(48)19-23-46(31-12-10-20-43-26-31)39(49)28-17-21-42-22-18-28/h8-10,12-18,20-22,25-26H,4-7,11,19,23-24,27H2,1-3H3,(H,45,50). The highest BCUT2D eigenvalue weighted by Crippen LogP contribution is 2.30. The molecule has 0 fully saturated rings. The van der Waals surface area contributed by atoms with Crippen molar-refractivity contribution in [3.63, 3.8) is 0 Å². The number of rotatable bonds is 17. The second-order valence-corrected chi connectivity index (χ2v) is 14.1. The molecule has 0 spiro atoms. The summed E-state index contributed by atoms with van der Waals surface area (Å²) in [6, 6.07) is 17.0. The highest BCUT2D eigenvalue weighted by molar-refractivity contribution is 7.90. The number of pyridine rings is 2. The molecule has 1 N–H and O–H groups in total. The van der Waals surface area contributed by atoms with E-state index in [4.69, 9.17) is 9.72 Å². The Morgan fingerprint density at radius 2 is 1.70 bits per heavy atom. The molecule has 0 saturated heterocycles. The molecular formula is C40H43FN6O6S. The van der Waals surface area contributed by atoms with Crippen LogP contribution in [0.4, 0.5) is 14.9 Å². The molecule has 54 heavy (non-hydrogen) atoms. The summed E-state index contributed by atoms with van der Waals surface area (Å²) in [6.45, 7) is 5.92. The molecule has 2 amide bonds. The zero-order valence-electron chi connectivity index (χ0n) is 30.5. The van der Waals surface area contributed by atoms with Crippen molar-refractivity contribution in [3.05, 3.63) is 126 Å². The molecule has 0 saturated carbocycles. The van der Waals surface area contributed by atoms with Gasteiger partial charge in [-0.05, 0) is 61.2 Å². The van der Waals surface area contributed by atoms with Crippen molar-refractivity contribution in [2.75, 3.05) is 18.1 Å². The number of hydrogen-bond acceptors (Lipinski definition) is 9. The van der Waals surface area contributed by atoms with Crippen LogP contribution in [0.3, 0.4) is 0 Å². The normalized spacial score (nSPS) is 11.3. The van der Waals surface area contributed by atoms with E-state index < -0.39 is 21.9 Å². The molecule has 0 bridgehead atoms. The van der Waals surface area contributed by atoms with Crippen LogP contribution in [0.5, 0.6) is 0 Å². The Kier molecular flexibility index (Phi) is 13.4. The maximum atomic E-state index is 16.1. The molecule has 0 atom stereocenters. The van der Waals surface area contributed by atoms with Gasteiger partial charge in [0.1, 0.15) is 17.3 Å². The summed E-state index contributed by atoms with van der Waals surface area (Å²) >= 11 is 0. The van der Waals surface area contributed by atoms with Gasteiger partial charge in [0.15, 0.2) is 5.78 Å². The Labute approximate surface area is 314 Å². The molecule has 3 aromatic heterocycles. The van der Waals surface area contributed by atoms with Crippen LogP contribution in [-0.4, -0.2) is 58.9 Å². The predicted octanol–water partition coefficient (Wildman–Crippen LogP) is 7.18. The maximum Gasteiger partial charge on any atom is 0.421 e. The molecular weight excluding hydrogens is 712 g/mol. The number of nitrogens with one attached hydrogen (secondary N) is 1. The number of halogens is 1. The molecule has 282 valence electrons. The first kappa shape index (κ1) is 39.4. The molecule has 0 aliphatic heterocycles. The van der Waals surface area contributed by atoms with Gasteiger partial charge in [-0.1, -0.05) is 57.5 Å². The smallest absolute Gasteiger partial charge is 0.421 e. The Bertz CT molecular complexity index is 2200. The van der Waals surface area contributed by atoms with Gasteiger partial charge in [0.25, 0.3) is 15.9 Å². The van der Waals surface area contributed by atoms with Gasteiger partial charge < -0.3 is 14.2 Å². The number of aryl methyl sites for hydroxylation is 2. The van der Waals surface area contributed by atoms with Crippen LogP contribution in [0.25, 0.3) is 11.1 Å². The quantitative estimate of drug-likeness (QED) is 0.0769. The molecule has 14 heteroatoms. The molecule has 5 rings (SSSR count). The second kappa shape index (κ2) is 18.3. The monoisotopic (exact) mass is 754 g/mol. The Balaban J connectivity index is 1.43. The van der Waals surface area contributed by atoms with Gasteiger partial charge >= 0.3 is 6.09 Å². The minimum atomic E-state index is -4.35. The van der Waals surface area contributed by atoms with E-state index in [0.29, 0.717) is 47.7 Å². The van der Waals surface area contributed by atoms with Gasteiger partial charge in [-0.15, -0.1) is 0 Å². The summed E-state index contributed by atoms with van der Waals surface area (Å²) < 4.78 is 51.1. The fraction of sp³-hybridized carbons (Fsp3) is 0.300. The van der Waals surface area contributed by atoms with E-state index in [1.165, 1.54) is 41.6 Å². The zero-order valence-corrected chi connectivity index (χ0v) is 31.3. The van der Waals surface area contributed by atoms with E-state index in [0.717, 1.165) is 12.8 Å². The fourth-order valence-electron chi connectivity index (χ4n) is 6.00. The SMILES string of the molecule is CCCCOC(=O)NS(=O)(=O)c1ccccc1-c1ccc(Cn2c(CCC)nc(CC)c2C(=O)CCN(C(=O)c2ccncc2)c2cccnc2)c(F)c1. The van der Waals surface area contributed by atoms with Crippen molar-refractivity contribution < 1.29 is 31.9 Å². The third-order valence-corrected chi connectivity index (χ3v) is 10.1. The number of carbonyl (C=O) groups is 3. The van der Waals surface area contributed by atoms with E-state index in [2.05, 4.69) is 9.97 Å². The van der Waals surface area contributed by atoms with E-state index >= 15 is 4.39 Å². The number of ketones is 1. The first-order valence-electron chi connectivity index (χ1n) is 17.9. The first-order valence-corrected chi connectivity index (χ1v) is 19.4. The number of ether oxygens (including phenoxy) is 1. The average Bonchev–Trinajstić information content (AvgIpc) is 3.53. The number of imidazole rings is 1. The summed E-state index contributed by atoms with van der Waals surface area (Å²) in [4.78, 5) is 54.2. The van der Waals surface area contributed by atoms with Gasteiger partial charge in [-0.25, -0.2) is 27.3 Å². The second-order valence-electron chi connectivity index (χ2n) is 12.5. The lowest BCUT2D eigenvalue weighted by molar-refractivity contribution is 0.0961. The number of Topliss-reactive ketones (excluding diaryl/α,β-unsaturated/α-hetero) is 1. The number of nitrogens with zero attached hydrogens (tertiary/aromatic N) is 5. The summed E-state index contributed by atoms with van der Waals surface area (Å²) in [5.41, 5.74) is 2.58. The highest BCUT2D eigenvalue weighted by Gasteiger charge is 2.26. The molecule has 12 nitrogen and oxygen atoms in total. The van der Waals surface area contributed by atoms with Crippen molar-refractivity contribution in [1.29, 1.82) is 0 Å². The number of anilines is 1. The van der Waals surface area contributed by atoms with Gasteiger partial charge in [0, 0.05) is 54.7 Å². The zero-order chi connectivity index (χ0) is 38.7. The Morgan fingerprint density at radius 3 is 2.39 bits per heavy atom. The van der Waals surface area contributed by atoms with Crippen molar-refractivity contribution in [1.82, 2.24) is 24.2 Å². The molecule has 0 unspecified atom stereocenters. The summed E-state index contributed by atoms with van der Waals surface area (Å²) in [6.07, 6.45) is 8.17. The highest BCUT2D eigenvalue weighted by atomic mass is 32.2. The van der Waals surface area contributed by atoms with E-state index in [1.807, 2.05) is 25.5 Å². The van der Waals surface area contributed by atoms with Crippen LogP contribution >= 0.6 is 0 Å². The molecule has 0 radical (unpaired) electrons. The third kappa shape index (κ3) is 9.42.